The van der Waals surface area contributed by atoms with E-state index in [0.29, 0.717) is 28.1 Å². The monoisotopic (exact) mass is 1130 g/mol. The third-order valence-corrected chi connectivity index (χ3v) is 16.7. The van der Waals surface area contributed by atoms with Gasteiger partial charge in [0, 0.05) is 37.1 Å². The van der Waals surface area contributed by atoms with E-state index in [1.54, 1.807) is 12.1 Å². The second-order valence-electron chi connectivity index (χ2n) is 21.9. The maximum atomic E-state index is 14.7. The maximum absolute atomic E-state index is 14.7. The Bertz CT molecular complexity index is 3950. The molecule has 358 valence electrons. The van der Waals surface area contributed by atoms with Crippen LogP contribution in [0.5, 0.6) is 0 Å². The molecule has 3 aliphatic rings. The van der Waals surface area contributed by atoms with Crippen molar-refractivity contribution in [1.29, 1.82) is 0 Å². The maximum Gasteiger partial charge on any atom is 0.343 e. The first-order valence-electron chi connectivity index (χ1n) is 24.3. The van der Waals surface area contributed by atoms with Crippen LogP contribution in [-0.4, -0.2) is 21.6 Å². The number of halogens is 3. The highest BCUT2D eigenvalue weighted by Crippen LogP contribution is 2.48. The number of carbonyl (C=O) groups is 1. The first-order chi connectivity index (χ1) is 34.3. The quantitative estimate of drug-likeness (QED) is 0.168. The Labute approximate surface area is 445 Å². The number of nitrogens with zero attached hydrogens (tertiary/aromatic N) is 2. The Morgan fingerprint density at radius 1 is 0.528 bits per heavy atom. The number of benzene rings is 6. The number of esters is 1. The standard InChI is InChI=1S/C63H53Br3N4O2/c1-61(2,3)38-24-20-35(21-25-38)48-44-30-31-45(67-44)50-41-29-28-40(63(7,8)9)32-42(41)47(34-16-12-10-13-17-34)51-55(50)69-58(59(51)72-60(71)37-18-14-11-15-19-37)57-53(66)52(65)56(70-57)49(46-33-43(64)54(48)68-46)36-22-26-39(27-23-36)62(4,5)6/h10-33,67,70H,1-9H3. The molecular weight excluding hydrogens is 1080 g/mol. The van der Waals surface area contributed by atoms with Crippen LogP contribution in [0.1, 0.15) is 117 Å². The second-order valence-corrected chi connectivity index (χ2v) is 24.4. The van der Waals surface area contributed by atoms with Crippen LogP contribution in [0.25, 0.3) is 44.5 Å². The van der Waals surface area contributed by atoms with Crippen molar-refractivity contribution in [1.82, 2.24) is 9.97 Å². The third kappa shape index (κ3) is 8.27. The van der Waals surface area contributed by atoms with Gasteiger partial charge in [-0.1, -0.05) is 172 Å². The highest BCUT2D eigenvalue weighted by atomic mass is 79.9. The molecule has 2 N–H and O–H groups in total. The van der Waals surface area contributed by atoms with E-state index in [-0.39, 0.29) is 16.2 Å². The number of ether oxygens (including phenoxy) is 1. The highest BCUT2D eigenvalue weighted by Gasteiger charge is 2.35. The van der Waals surface area contributed by atoms with Gasteiger partial charge in [-0.3, -0.25) is 0 Å². The Hall–Kier alpha value is -6.39. The van der Waals surface area contributed by atoms with E-state index in [9.17, 15) is 4.79 Å². The van der Waals surface area contributed by atoms with Gasteiger partial charge in [-0.15, -0.1) is 0 Å². The number of H-pyrrole nitrogens is 2. The van der Waals surface area contributed by atoms with Crippen LogP contribution in [0, 0.1) is 10.6 Å². The van der Waals surface area contributed by atoms with E-state index in [1.807, 2.05) is 24.3 Å². The van der Waals surface area contributed by atoms with Gasteiger partial charge in [-0.05, 0) is 145 Å². The number of aliphatic imine (C=N–C) groups is 1. The lowest BCUT2D eigenvalue weighted by atomic mass is 9.83. The third-order valence-electron chi connectivity index (χ3n) is 14.0. The minimum atomic E-state index is -0.491. The highest BCUT2D eigenvalue weighted by molar-refractivity contribution is 9.13. The Balaban J connectivity index is 1.36. The van der Waals surface area contributed by atoms with Crippen LogP contribution in [0.2, 0.25) is 0 Å². The average molecular weight is 1140 g/mol. The smallest absolute Gasteiger partial charge is 0.343 e. The number of carbonyl (C=O) groups excluding carboxylic acids is 1. The Morgan fingerprint density at radius 2 is 1.08 bits per heavy atom. The molecule has 3 aliphatic heterocycles. The van der Waals surface area contributed by atoms with Gasteiger partial charge in [-0.2, -0.15) is 0 Å². The summed E-state index contributed by atoms with van der Waals surface area (Å²) in [5, 5.41) is 5.33. The SMILES string of the molecule is CC(C)(C)c1ccc(C2=C3C=C(Br)C(=N3)C(c3ccc(C(C)(C)C)cc3)=c3ccc([nH]3)=c3c4c(c(-c5ccccc5)c5cc(C(C)(C)C)ccc35)C(OC(=O)c3ccccc3)=C(N=4)c3[nH]c2c(Br)c3Br)cc1. The van der Waals surface area contributed by atoms with Crippen LogP contribution in [0.15, 0.2) is 175 Å². The van der Waals surface area contributed by atoms with Crippen molar-refractivity contribution in [2.24, 2.45) is 9.98 Å². The van der Waals surface area contributed by atoms with Gasteiger partial charge < -0.3 is 14.7 Å². The predicted octanol–water partition coefficient (Wildman–Crippen LogP) is 15.9. The lowest BCUT2D eigenvalue weighted by Gasteiger charge is -2.21. The fraction of sp³-hybridized carbons (Fsp3) is 0.190. The van der Waals surface area contributed by atoms with E-state index in [2.05, 4.69) is 229 Å². The normalized spacial score (nSPS) is 14.6. The van der Waals surface area contributed by atoms with Gasteiger partial charge in [0.25, 0.3) is 0 Å². The van der Waals surface area contributed by atoms with Crippen LogP contribution in [-0.2, 0) is 21.0 Å². The van der Waals surface area contributed by atoms with E-state index < -0.39 is 5.97 Å². The Kier molecular flexibility index (Phi) is 11.8. The number of hydrogen-bond acceptors (Lipinski definition) is 4. The van der Waals surface area contributed by atoms with Gasteiger partial charge in [0.1, 0.15) is 5.70 Å². The van der Waals surface area contributed by atoms with Gasteiger partial charge in [0.15, 0.2) is 5.76 Å². The minimum Gasteiger partial charge on any atom is -0.420 e. The molecular formula is C63H53Br3N4O2. The largest absolute Gasteiger partial charge is 0.420 e. The van der Waals surface area contributed by atoms with Gasteiger partial charge in [0.2, 0.25) is 0 Å². The fourth-order valence-corrected chi connectivity index (χ4v) is 11.5. The van der Waals surface area contributed by atoms with E-state index in [0.717, 1.165) is 96.2 Å². The van der Waals surface area contributed by atoms with Crippen LogP contribution < -0.4 is 10.7 Å². The minimum absolute atomic E-state index is 0.0370. The van der Waals surface area contributed by atoms with Crippen molar-refractivity contribution in [3.8, 4) is 11.1 Å². The summed E-state index contributed by atoms with van der Waals surface area (Å²) in [5.74, 6) is -0.143. The van der Waals surface area contributed by atoms with E-state index >= 15 is 0 Å². The number of aromatic amines is 2. The average Bonchev–Trinajstić information content (AvgIpc) is 4.14. The molecule has 0 radical (unpaired) electrons. The molecule has 0 spiro atoms. The molecule has 0 saturated carbocycles. The molecule has 0 amide bonds. The van der Waals surface area contributed by atoms with Crippen molar-refractivity contribution in [2.75, 3.05) is 0 Å². The lowest BCUT2D eigenvalue weighted by molar-refractivity contribution is 0.0693. The summed E-state index contributed by atoms with van der Waals surface area (Å²) < 4.78 is 9.19. The summed E-state index contributed by atoms with van der Waals surface area (Å²) in [5.41, 5.74) is 13.7. The molecule has 6 nitrogen and oxygen atoms in total. The van der Waals surface area contributed by atoms with Gasteiger partial charge in [0.05, 0.1) is 48.2 Å². The van der Waals surface area contributed by atoms with Crippen molar-refractivity contribution in [3.05, 3.63) is 236 Å². The molecule has 0 atom stereocenters. The topological polar surface area (TPSA) is 82.6 Å². The van der Waals surface area contributed by atoms with Crippen molar-refractivity contribution >= 4 is 92.8 Å². The molecule has 0 fully saturated rings. The van der Waals surface area contributed by atoms with E-state index in [1.165, 1.54) is 16.7 Å². The van der Waals surface area contributed by atoms with Crippen molar-refractivity contribution < 1.29 is 9.53 Å². The van der Waals surface area contributed by atoms with Gasteiger partial charge >= 0.3 is 5.97 Å². The second kappa shape index (κ2) is 17.7. The van der Waals surface area contributed by atoms with Crippen LogP contribution >= 0.6 is 47.8 Å². The zero-order chi connectivity index (χ0) is 50.6. The first-order valence-corrected chi connectivity index (χ1v) is 26.6. The van der Waals surface area contributed by atoms with E-state index in [4.69, 9.17) is 14.7 Å². The number of hydrogen-bond donors (Lipinski definition) is 2. The molecule has 5 heterocycles. The molecule has 8 bridgehead atoms. The first kappa shape index (κ1) is 47.9. The fourth-order valence-electron chi connectivity index (χ4n) is 10.0. The molecule has 0 saturated heterocycles. The molecule has 6 aromatic carbocycles. The van der Waals surface area contributed by atoms with Crippen molar-refractivity contribution in [3.63, 3.8) is 0 Å². The number of aromatic nitrogens is 2. The van der Waals surface area contributed by atoms with Crippen molar-refractivity contribution in [2.45, 2.75) is 78.6 Å². The molecule has 9 heteroatoms. The molecule has 8 aromatic rings. The zero-order valence-electron chi connectivity index (χ0n) is 41.7. The summed E-state index contributed by atoms with van der Waals surface area (Å²) in [7, 11) is 0. The van der Waals surface area contributed by atoms with Crippen LogP contribution in [0.3, 0.4) is 0 Å². The lowest BCUT2D eigenvalue weighted by Crippen LogP contribution is -2.17. The molecule has 11 rings (SSSR count). The Morgan fingerprint density at radius 3 is 1.69 bits per heavy atom. The number of fused-ring (bicyclic) bond motifs is 9. The summed E-state index contributed by atoms with van der Waals surface area (Å²) >= 11 is 12.2. The number of allylic oxidation sites excluding steroid dienone is 2. The number of rotatable bonds is 5. The number of nitrogens with one attached hydrogen (secondary N) is 2. The summed E-state index contributed by atoms with van der Waals surface area (Å²) in [6.45, 7) is 20.1. The molecule has 2 aromatic heterocycles. The van der Waals surface area contributed by atoms with Gasteiger partial charge in [-0.25, -0.2) is 14.8 Å². The molecule has 0 unspecified atom stereocenters. The summed E-state index contributed by atoms with van der Waals surface area (Å²) in [6.07, 6.45) is 2.11. The van der Waals surface area contributed by atoms with Crippen LogP contribution in [0.4, 0.5) is 0 Å². The predicted molar refractivity (Wildman–Crippen MR) is 305 cm³/mol. The summed E-state index contributed by atoms with van der Waals surface area (Å²) in [6, 6.07) is 48.3. The zero-order valence-corrected chi connectivity index (χ0v) is 46.5. The summed E-state index contributed by atoms with van der Waals surface area (Å²) in [4.78, 5) is 33.8. The molecule has 0 aliphatic carbocycles. The molecule has 72 heavy (non-hydrogen) atoms.